The van der Waals surface area contributed by atoms with Gasteiger partial charge >= 0.3 is 0 Å². The average molecular weight is 215 g/mol. The molecule has 0 amide bonds. The molecule has 12 heavy (non-hydrogen) atoms. The van der Waals surface area contributed by atoms with Gasteiger partial charge in [-0.1, -0.05) is 6.92 Å². The van der Waals surface area contributed by atoms with E-state index in [1.807, 2.05) is 0 Å². The molecule has 0 bridgehead atoms. The molecule has 0 spiro atoms. The van der Waals surface area contributed by atoms with E-state index in [9.17, 15) is 0 Å². The molecule has 1 aliphatic rings. The lowest BCUT2D eigenvalue weighted by atomic mass is 9.98. The van der Waals surface area contributed by atoms with E-state index in [1.54, 1.807) is 0 Å². The molecule has 0 aromatic heterocycles. The number of rotatable bonds is 2. The summed E-state index contributed by atoms with van der Waals surface area (Å²) in [5.41, 5.74) is 5.59. The highest BCUT2D eigenvalue weighted by Crippen LogP contribution is 2.14. The smallest absolute Gasteiger partial charge is 0.00216 e. The lowest BCUT2D eigenvalue weighted by Gasteiger charge is -2.30. The van der Waals surface area contributed by atoms with Crippen molar-refractivity contribution in [2.45, 2.75) is 19.8 Å². The van der Waals surface area contributed by atoms with Gasteiger partial charge in [0.25, 0.3) is 0 Å². The Bertz CT molecular complexity index is 91.1. The molecule has 0 aliphatic carbocycles. The second-order valence-corrected chi connectivity index (χ2v) is 3.14. The summed E-state index contributed by atoms with van der Waals surface area (Å²) >= 11 is 0. The van der Waals surface area contributed by atoms with Crippen LogP contribution in [-0.2, 0) is 0 Å². The molecule has 1 atom stereocenters. The van der Waals surface area contributed by atoms with Crippen molar-refractivity contribution >= 4 is 24.8 Å². The number of hydrogen-bond donors (Lipinski definition) is 1. The summed E-state index contributed by atoms with van der Waals surface area (Å²) in [6, 6.07) is 0. The maximum atomic E-state index is 5.59. The van der Waals surface area contributed by atoms with Gasteiger partial charge in [0.1, 0.15) is 0 Å². The molecule has 1 unspecified atom stereocenters. The summed E-state index contributed by atoms with van der Waals surface area (Å²) in [5.74, 6) is 0.772. The largest absolute Gasteiger partial charge is 0.330 e. The summed E-state index contributed by atoms with van der Waals surface area (Å²) < 4.78 is 0. The molecule has 2 N–H and O–H groups in total. The highest BCUT2D eigenvalue weighted by molar-refractivity contribution is 5.85. The number of nitrogens with two attached hydrogens (primary N) is 1. The second kappa shape index (κ2) is 8.11. The molecule has 1 heterocycles. The van der Waals surface area contributed by atoms with Crippen molar-refractivity contribution in [2.24, 2.45) is 11.7 Å². The molecule has 0 aromatic carbocycles. The summed E-state index contributed by atoms with van der Waals surface area (Å²) in [7, 11) is 0. The molecule has 0 aromatic rings. The lowest BCUT2D eigenvalue weighted by molar-refractivity contribution is 0.186. The Morgan fingerprint density at radius 2 is 2.08 bits per heavy atom. The van der Waals surface area contributed by atoms with Crippen LogP contribution in [0.4, 0.5) is 0 Å². The van der Waals surface area contributed by atoms with Gasteiger partial charge in [-0.25, -0.2) is 0 Å². The van der Waals surface area contributed by atoms with Crippen molar-refractivity contribution in [3.05, 3.63) is 0 Å². The van der Waals surface area contributed by atoms with Crippen molar-refractivity contribution in [1.29, 1.82) is 0 Å². The van der Waals surface area contributed by atoms with Crippen LogP contribution in [0.2, 0.25) is 0 Å². The summed E-state index contributed by atoms with van der Waals surface area (Å²) in [4.78, 5) is 2.49. The first-order valence-corrected chi connectivity index (χ1v) is 4.29. The molecule has 1 aliphatic heterocycles. The highest BCUT2D eigenvalue weighted by Gasteiger charge is 2.16. The predicted octanol–water partition coefficient (Wildman–Crippen LogP) is 1.52. The highest BCUT2D eigenvalue weighted by atomic mass is 35.5. The van der Waals surface area contributed by atoms with Crippen LogP contribution in [0.5, 0.6) is 0 Å². The Kier molecular flexibility index (Phi) is 10.1. The van der Waals surface area contributed by atoms with E-state index in [0.29, 0.717) is 0 Å². The molecule has 76 valence electrons. The Labute approximate surface area is 87.7 Å². The maximum Gasteiger partial charge on any atom is 0.00216 e. The van der Waals surface area contributed by atoms with Gasteiger partial charge in [0.2, 0.25) is 0 Å². The second-order valence-electron chi connectivity index (χ2n) is 3.14. The Balaban J connectivity index is 0. The zero-order valence-electron chi connectivity index (χ0n) is 7.66. The Hall–Kier alpha value is 0.500. The number of nitrogens with zero attached hydrogens (tertiary/aromatic N) is 1. The monoisotopic (exact) mass is 214 g/mol. The number of piperidine rings is 1. The summed E-state index contributed by atoms with van der Waals surface area (Å²) in [6.45, 7) is 6.80. The molecule has 0 saturated carbocycles. The van der Waals surface area contributed by atoms with Crippen molar-refractivity contribution in [2.75, 3.05) is 26.2 Å². The average Bonchev–Trinajstić information content (AvgIpc) is 2.05. The summed E-state index contributed by atoms with van der Waals surface area (Å²) in [5, 5.41) is 0. The van der Waals surface area contributed by atoms with Crippen LogP contribution in [0, 0.1) is 5.92 Å². The van der Waals surface area contributed by atoms with E-state index in [1.165, 1.54) is 32.5 Å². The van der Waals surface area contributed by atoms with Crippen LogP contribution < -0.4 is 5.73 Å². The van der Waals surface area contributed by atoms with Crippen LogP contribution in [0.3, 0.4) is 0 Å². The van der Waals surface area contributed by atoms with E-state index in [0.717, 1.165) is 12.5 Å². The van der Waals surface area contributed by atoms with Crippen molar-refractivity contribution in [3.8, 4) is 0 Å². The Morgan fingerprint density at radius 3 is 2.58 bits per heavy atom. The predicted molar refractivity (Wildman–Crippen MR) is 58.4 cm³/mol. The van der Waals surface area contributed by atoms with Crippen LogP contribution >= 0.6 is 24.8 Å². The quantitative estimate of drug-likeness (QED) is 0.756. The first kappa shape index (κ1) is 15.0. The minimum atomic E-state index is 0. The van der Waals surface area contributed by atoms with E-state index in [4.69, 9.17) is 5.73 Å². The zero-order chi connectivity index (χ0) is 7.40. The van der Waals surface area contributed by atoms with Crippen LogP contribution in [-0.4, -0.2) is 31.1 Å². The third-order valence-electron chi connectivity index (χ3n) is 2.38. The molecule has 1 fully saturated rings. The Morgan fingerprint density at radius 1 is 1.42 bits per heavy atom. The van der Waals surface area contributed by atoms with Crippen molar-refractivity contribution in [1.82, 2.24) is 4.90 Å². The lowest BCUT2D eigenvalue weighted by Crippen LogP contribution is -2.37. The van der Waals surface area contributed by atoms with Gasteiger partial charge in [-0.3, -0.25) is 0 Å². The van der Waals surface area contributed by atoms with E-state index >= 15 is 0 Å². The molecule has 2 nitrogen and oxygen atoms in total. The zero-order valence-corrected chi connectivity index (χ0v) is 9.29. The van der Waals surface area contributed by atoms with Gasteiger partial charge in [0.15, 0.2) is 0 Å². The number of hydrogen-bond acceptors (Lipinski definition) is 2. The molecular formula is C8H20Cl2N2. The van der Waals surface area contributed by atoms with Gasteiger partial charge in [-0.2, -0.15) is 0 Å². The third-order valence-corrected chi connectivity index (χ3v) is 2.38. The van der Waals surface area contributed by atoms with Crippen LogP contribution in [0.25, 0.3) is 0 Å². The van der Waals surface area contributed by atoms with Gasteiger partial charge < -0.3 is 10.6 Å². The molecule has 1 rings (SSSR count). The van der Waals surface area contributed by atoms with Gasteiger partial charge in [-0.05, 0) is 38.4 Å². The summed E-state index contributed by atoms with van der Waals surface area (Å²) in [6.07, 6.45) is 2.68. The van der Waals surface area contributed by atoms with Gasteiger partial charge in [-0.15, -0.1) is 24.8 Å². The fraction of sp³-hybridized carbons (Fsp3) is 1.00. The normalized spacial score (nSPS) is 24.0. The van der Waals surface area contributed by atoms with Gasteiger partial charge in [0.05, 0.1) is 0 Å². The fourth-order valence-electron chi connectivity index (χ4n) is 1.63. The van der Waals surface area contributed by atoms with E-state index in [2.05, 4.69) is 11.8 Å². The third kappa shape index (κ3) is 4.51. The van der Waals surface area contributed by atoms with Crippen molar-refractivity contribution in [3.63, 3.8) is 0 Å². The van der Waals surface area contributed by atoms with Crippen LogP contribution in [0.1, 0.15) is 19.8 Å². The molecular weight excluding hydrogens is 195 g/mol. The van der Waals surface area contributed by atoms with Crippen molar-refractivity contribution < 1.29 is 0 Å². The van der Waals surface area contributed by atoms with Gasteiger partial charge in [0, 0.05) is 6.54 Å². The topological polar surface area (TPSA) is 29.3 Å². The minimum absolute atomic E-state index is 0. The van der Waals surface area contributed by atoms with E-state index in [-0.39, 0.29) is 24.8 Å². The fourth-order valence-corrected chi connectivity index (χ4v) is 1.63. The number of likely N-dealkylation sites (tertiary alicyclic amines) is 1. The molecule has 4 heteroatoms. The first-order chi connectivity index (χ1) is 4.86. The molecule has 0 radical (unpaired) electrons. The first-order valence-electron chi connectivity index (χ1n) is 4.29. The SMILES string of the molecule is CCN1CCCC(CN)C1.Cl.Cl. The molecule has 1 saturated heterocycles. The van der Waals surface area contributed by atoms with E-state index < -0.39 is 0 Å². The number of halogens is 2. The standard InChI is InChI=1S/C8H18N2.2ClH/c1-2-10-5-3-4-8(6-9)7-10;;/h8H,2-7,9H2,1H3;2*1H. The van der Waals surface area contributed by atoms with Crippen LogP contribution in [0.15, 0.2) is 0 Å². The maximum absolute atomic E-state index is 5.59. The minimum Gasteiger partial charge on any atom is -0.330 e.